The van der Waals surface area contributed by atoms with E-state index in [1.807, 2.05) is 37.3 Å². The molecule has 6 nitrogen and oxygen atoms in total. The first-order chi connectivity index (χ1) is 13.9. The molecule has 2 aromatic carbocycles. The minimum absolute atomic E-state index is 0.0355. The molecule has 29 heavy (non-hydrogen) atoms. The Morgan fingerprint density at radius 1 is 1.03 bits per heavy atom. The Balaban J connectivity index is 1.75. The average Bonchev–Trinajstić information content (AvgIpc) is 2.69. The van der Waals surface area contributed by atoms with Gasteiger partial charge in [0.05, 0.1) is 6.61 Å². The molecule has 1 amide bonds. The van der Waals surface area contributed by atoms with Crippen LogP contribution in [0.25, 0.3) is 0 Å². The molecule has 0 fully saturated rings. The molecular weight excluding hydrogens is 364 g/mol. The smallest absolute Gasteiger partial charge is 0.274 e. The first kappa shape index (κ1) is 20.3. The normalized spacial score (nSPS) is 11.0. The topological polar surface area (TPSA) is 76.1 Å². The third kappa shape index (κ3) is 5.31. The number of anilines is 3. The Labute approximate surface area is 171 Å². The summed E-state index contributed by atoms with van der Waals surface area (Å²) in [7, 11) is 0. The van der Waals surface area contributed by atoms with Gasteiger partial charge in [-0.2, -0.15) is 0 Å². The highest BCUT2D eigenvalue weighted by atomic mass is 16.5. The van der Waals surface area contributed by atoms with E-state index in [1.54, 1.807) is 24.4 Å². The number of rotatable bonds is 6. The highest BCUT2D eigenvalue weighted by molar-refractivity contribution is 6.03. The van der Waals surface area contributed by atoms with Crippen molar-refractivity contribution < 1.29 is 9.53 Å². The van der Waals surface area contributed by atoms with Crippen LogP contribution in [0.4, 0.5) is 17.3 Å². The fourth-order valence-electron chi connectivity index (χ4n) is 2.91. The van der Waals surface area contributed by atoms with Crippen LogP contribution < -0.4 is 15.4 Å². The molecule has 3 rings (SSSR count). The number of benzene rings is 2. The quantitative estimate of drug-likeness (QED) is 0.607. The van der Waals surface area contributed by atoms with E-state index in [4.69, 9.17) is 4.74 Å². The lowest BCUT2D eigenvalue weighted by atomic mass is 9.86. The molecule has 0 unspecified atom stereocenters. The van der Waals surface area contributed by atoms with E-state index >= 15 is 0 Å². The molecule has 0 atom stereocenters. The van der Waals surface area contributed by atoms with Gasteiger partial charge in [-0.3, -0.25) is 4.79 Å². The average molecular weight is 390 g/mol. The number of carbonyl (C=O) groups excluding carboxylic acids is 1. The Hall–Kier alpha value is -3.41. The zero-order valence-electron chi connectivity index (χ0n) is 17.2. The van der Waals surface area contributed by atoms with Crippen LogP contribution in [0.15, 0.2) is 60.8 Å². The Bertz CT molecular complexity index is 979. The maximum absolute atomic E-state index is 12.6. The summed E-state index contributed by atoms with van der Waals surface area (Å²) in [6.45, 7) is 8.97. The number of hydrogen-bond donors (Lipinski definition) is 2. The molecule has 2 N–H and O–H groups in total. The monoisotopic (exact) mass is 390 g/mol. The van der Waals surface area contributed by atoms with E-state index in [0.717, 1.165) is 17.0 Å². The summed E-state index contributed by atoms with van der Waals surface area (Å²) >= 11 is 0. The van der Waals surface area contributed by atoms with E-state index in [1.165, 1.54) is 0 Å². The highest BCUT2D eigenvalue weighted by Gasteiger charge is 2.18. The van der Waals surface area contributed by atoms with E-state index in [0.29, 0.717) is 18.2 Å². The molecule has 0 radical (unpaired) electrons. The van der Waals surface area contributed by atoms with Gasteiger partial charge in [0.1, 0.15) is 11.4 Å². The first-order valence-electron chi connectivity index (χ1n) is 9.60. The molecule has 1 aromatic heterocycles. The van der Waals surface area contributed by atoms with Gasteiger partial charge in [0.15, 0.2) is 0 Å². The van der Waals surface area contributed by atoms with Crippen LogP contribution in [0.1, 0.15) is 43.7 Å². The zero-order chi connectivity index (χ0) is 20.9. The lowest BCUT2D eigenvalue weighted by Crippen LogP contribution is -2.16. The second-order valence-corrected chi connectivity index (χ2v) is 7.60. The molecule has 0 aliphatic rings. The highest BCUT2D eigenvalue weighted by Crippen LogP contribution is 2.30. The maximum Gasteiger partial charge on any atom is 0.274 e. The fourth-order valence-corrected chi connectivity index (χ4v) is 2.91. The molecule has 0 spiro atoms. The van der Waals surface area contributed by atoms with Gasteiger partial charge in [0.2, 0.25) is 5.95 Å². The van der Waals surface area contributed by atoms with E-state index in [2.05, 4.69) is 47.4 Å². The van der Waals surface area contributed by atoms with Crippen molar-refractivity contribution in [1.29, 1.82) is 0 Å². The molecule has 6 heteroatoms. The lowest BCUT2D eigenvalue weighted by molar-refractivity contribution is 0.102. The summed E-state index contributed by atoms with van der Waals surface area (Å²) in [5.74, 6) is 0.835. The Morgan fingerprint density at radius 3 is 2.45 bits per heavy atom. The van der Waals surface area contributed by atoms with Crippen LogP contribution in [0, 0.1) is 0 Å². The largest absolute Gasteiger partial charge is 0.494 e. The second kappa shape index (κ2) is 8.73. The summed E-state index contributed by atoms with van der Waals surface area (Å²) in [4.78, 5) is 21.2. The van der Waals surface area contributed by atoms with Crippen LogP contribution in [0.2, 0.25) is 0 Å². The van der Waals surface area contributed by atoms with Gasteiger partial charge in [0.25, 0.3) is 5.91 Å². The summed E-state index contributed by atoms with van der Waals surface area (Å²) < 4.78 is 5.41. The number of carbonyl (C=O) groups is 1. The molecule has 150 valence electrons. The Morgan fingerprint density at radius 2 is 1.76 bits per heavy atom. The van der Waals surface area contributed by atoms with E-state index in [9.17, 15) is 4.79 Å². The van der Waals surface area contributed by atoms with Crippen molar-refractivity contribution in [2.24, 2.45) is 0 Å². The van der Waals surface area contributed by atoms with Crippen LogP contribution in [-0.4, -0.2) is 22.5 Å². The zero-order valence-corrected chi connectivity index (χ0v) is 17.2. The van der Waals surface area contributed by atoms with Gasteiger partial charge < -0.3 is 15.4 Å². The van der Waals surface area contributed by atoms with Gasteiger partial charge in [-0.05, 0) is 54.3 Å². The number of hydrogen-bond acceptors (Lipinski definition) is 5. The van der Waals surface area contributed by atoms with Crippen molar-refractivity contribution >= 4 is 23.2 Å². The Kier molecular flexibility index (Phi) is 6.12. The van der Waals surface area contributed by atoms with Gasteiger partial charge in [0, 0.05) is 17.6 Å². The summed E-state index contributed by atoms with van der Waals surface area (Å²) in [6, 6.07) is 16.8. The van der Waals surface area contributed by atoms with Crippen LogP contribution in [0.5, 0.6) is 5.75 Å². The van der Waals surface area contributed by atoms with Crippen molar-refractivity contribution in [1.82, 2.24) is 9.97 Å². The number of aromatic nitrogens is 2. The number of ether oxygens (including phenoxy) is 1. The predicted molar refractivity (Wildman–Crippen MR) is 116 cm³/mol. The van der Waals surface area contributed by atoms with Gasteiger partial charge in [-0.1, -0.05) is 39.0 Å². The minimum Gasteiger partial charge on any atom is -0.494 e. The van der Waals surface area contributed by atoms with Gasteiger partial charge >= 0.3 is 0 Å². The summed E-state index contributed by atoms with van der Waals surface area (Å²) in [5, 5.41) is 6.08. The van der Waals surface area contributed by atoms with E-state index in [-0.39, 0.29) is 17.0 Å². The van der Waals surface area contributed by atoms with Crippen LogP contribution in [0.3, 0.4) is 0 Å². The standard InChI is InChI=1S/C23H26N4O2/c1-5-29-17-12-10-16(11-13-17)25-21(28)20-14-15-24-22(27-20)26-19-9-7-6-8-18(19)23(2,3)4/h6-15H,5H2,1-4H3,(H,25,28)(H,24,26,27). The molecule has 0 aliphatic heterocycles. The third-order valence-corrected chi connectivity index (χ3v) is 4.29. The maximum atomic E-state index is 12.6. The molecule has 0 saturated carbocycles. The van der Waals surface area contributed by atoms with Crippen molar-refractivity contribution in [3.05, 3.63) is 72.1 Å². The fraction of sp³-hybridized carbons (Fsp3) is 0.261. The number of amides is 1. The lowest BCUT2D eigenvalue weighted by Gasteiger charge is -2.23. The molecule has 0 aliphatic carbocycles. The molecule has 0 saturated heterocycles. The first-order valence-corrected chi connectivity index (χ1v) is 9.60. The van der Waals surface area contributed by atoms with Crippen molar-refractivity contribution in [2.45, 2.75) is 33.1 Å². The molecule has 1 heterocycles. The second-order valence-electron chi connectivity index (χ2n) is 7.60. The summed E-state index contributed by atoms with van der Waals surface area (Å²) in [6.07, 6.45) is 1.57. The third-order valence-electron chi connectivity index (χ3n) is 4.29. The summed E-state index contributed by atoms with van der Waals surface area (Å²) in [5.41, 5.74) is 2.98. The van der Waals surface area contributed by atoms with Crippen LogP contribution >= 0.6 is 0 Å². The van der Waals surface area contributed by atoms with Crippen molar-refractivity contribution in [2.75, 3.05) is 17.2 Å². The van der Waals surface area contributed by atoms with Gasteiger partial charge in [-0.25, -0.2) is 9.97 Å². The van der Waals surface area contributed by atoms with Crippen molar-refractivity contribution in [3.8, 4) is 5.75 Å². The molecule has 3 aromatic rings. The molecular formula is C23H26N4O2. The molecule has 0 bridgehead atoms. The SMILES string of the molecule is CCOc1ccc(NC(=O)c2ccnc(Nc3ccccc3C(C)(C)C)n2)cc1. The number of para-hydroxylation sites is 1. The van der Waals surface area contributed by atoms with E-state index < -0.39 is 0 Å². The number of nitrogens with zero attached hydrogens (tertiary/aromatic N) is 2. The van der Waals surface area contributed by atoms with Crippen molar-refractivity contribution in [3.63, 3.8) is 0 Å². The predicted octanol–water partition coefficient (Wildman–Crippen LogP) is 5.17. The number of nitrogens with one attached hydrogen (secondary N) is 2. The minimum atomic E-state index is -0.302. The van der Waals surface area contributed by atoms with Crippen LogP contribution in [-0.2, 0) is 5.41 Å². The van der Waals surface area contributed by atoms with Gasteiger partial charge in [-0.15, -0.1) is 0 Å².